The molecule has 2 N–H and O–H groups in total. The highest BCUT2D eigenvalue weighted by atomic mass is 19.3. The van der Waals surface area contributed by atoms with Crippen molar-refractivity contribution < 1.29 is 31.1 Å². The van der Waals surface area contributed by atoms with Crippen molar-refractivity contribution in [3.8, 4) is 0 Å². The molecule has 2 aliphatic rings. The van der Waals surface area contributed by atoms with Gasteiger partial charge in [0.15, 0.2) is 0 Å². The van der Waals surface area contributed by atoms with E-state index in [9.17, 15) is 35.9 Å². The monoisotopic (exact) mass is 530 g/mol. The lowest BCUT2D eigenvalue weighted by Gasteiger charge is -2.33. The Morgan fingerprint density at radius 3 is 2.43 bits per heavy atom. The summed E-state index contributed by atoms with van der Waals surface area (Å²) in [6.07, 6.45) is -5.77. The molecule has 1 aromatic carbocycles. The fourth-order valence-electron chi connectivity index (χ4n) is 4.72. The predicted octanol–water partition coefficient (Wildman–Crippen LogP) is 4.62. The van der Waals surface area contributed by atoms with Crippen LogP contribution in [0.5, 0.6) is 0 Å². The second-order valence-corrected chi connectivity index (χ2v) is 9.78. The Morgan fingerprint density at radius 1 is 1.16 bits per heavy atom. The lowest BCUT2D eigenvalue weighted by atomic mass is 10.0. The number of carbonyl (C=O) groups is 1. The van der Waals surface area contributed by atoms with Gasteiger partial charge in [-0.2, -0.15) is 0 Å². The number of hydrogen-bond donors (Lipinski definition) is 2. The zero-order valence-corrected chi connectivity index (χ0v) is 20.3. The summed E-state index contributed by atoms with van der Waals surface area (Å²) >= 11 is 0. The minimum atomic E-state index is -3.06. The van der Waals surface area contributed by atoms with Crippen molar-refractivity contribution in [1.82, 2.24) is 14.8 Å². The molecule has 1 aliphatic heterocycles. The molecule has 1 saturated carbocycles. The number of alkyl halides is 5. The summed E-state index contributed by atoms with van der Waals surface area (Å²) in [5, 5.41) is 5.38. The van der Waals surface area contributed by atoms with E-state index in [1.165, 1.54) is 19.1 Å². The highest BCUT2D eigenvalue weighted by Gasteiger charge is 2.53. The molecular weight excluding hydrogens is 502 g/mol. The Kier molecular flexibility index (Phi) is 7.59. The quantitative estimate of drug-likeness (QED) is 0.489. The van der Waals surface area contributed by atoms with Gasteiger partial charge in [0.25, 0.3) is 24.3 Å². The molecule has 1 amide bonds. The molecule has 4 rings (SSSR count). The van der Waals surface area contributed by atoms with Crippen molar-refractivity contribution in [2.75, 3.05) is 25.5 Å². The van der Waals surface area contributed by atoms with E-state index in [1.807, 2.05) is 0 Å². The number of rotatable bonds is 8. The number of piperidine rings is 1. The molecule has 12 heteroatoms. The lowest BCUT2D eigenvalue weighted by Crippen LogP contribution is -2.47. The molecule has 1 aromatic heterocycles. The summed E-state index contributed by atoms with van der Waals surface area (Å²) in [6.45, 7) is 2.06. The number of anilines is 1. The van der Waals surface area contributed by atoms with Gasteiger partial charge in [0, 0.05) is 30.9 Å². The molecule has 1 aliphatic carbocycles. The molecule has 3 atom stereocenters. The molecule has 202 valence electrons. The summed E-state index contributed by atoms with van der Waals surface area (Å²) in [6, 6.07) is 2.59. The predicted molar refractivity (Wildman–Crippen MR) is 126 cm³/mol. The Labute approximate surface area is 209 Å². The summed E-state index contributed by atoms with van der Waals surface area (Å²) in [5.41, 5.74) is -3.78. The molecule has 2 aromatic rings. The number of hydrogen-bond acceptors (Lipinski definition) is 4. The van der Waals surface area contributed by atoms with Crippen LogP contribution >= 0.6 is 0 Å². The van der Waals surface area contributed by atoms with Crippen molar-refractivity contribution in [2.45, 2.75) is 62.8 Å². The fourth-order valence-corrected chi connectivity index (χ4v) is 4.72. The van der Waals surface area contributed by atoms with Gasteiger partial charge in [0.05, 0.1) is 28.9 Å². The number of likely N-dealkylation sites (tertiary alicyclic amines) is 1. The summed E-state index contributed by atoms with van der Waals surface area (Å²) in [4.78, 5) is 27.9. The minimum absolute atomic E-state index is 0.0436. The van der Waals surface area contributed by atoms with E-state index in [1.54, 1.807) is 11.9 Å². The van der Waals surface area contributed by atoms with Crippen molar-refractivity contribution in [3.63, 3.8) is 0 Å². The third-order valence-corrected chi connectivity index (χ3v) is 7.14. The second-order valence-electron chi connectivity index (χ2n) is 9.78. The first-order valence-electron chi connectivity index (χ1n) is 12.0. The Balaban J connectivity index is 1.68. The smallest absolute Gasteiger partial charge is 0.266 e. The molecule has 2 heterocycles. The van der Waals surface area contributed by atoms with Crippen molar-refractivity contribution in [2.24, 2.45) is 0 Å². The number of nitrogens with zero attached hydrogens (tertiary/aromatic N) is 2. The number of nitrogens with one attached hydrogen (secondary N) is 2. The molecule has 0 bridgehead atoms. The number of aromatic nitrogens is 1. The average Bonchev–Trinajstić information content (AvgIpc) is 3.63. The molecule has 6 nitrogen and oxygen atoms in total. The Bertz CT molecular complexity index is 1220. The van der Waals surface area contributed by atoms with E-state index >= 15 is 0 Å². The van der Waals surface area contributed by atoms with Crippen LogP contribution in [0, 0.1) is 5.82 Å². The Hall–Kier alpha value is -3.02. The van der Waals surface area contributed by atoms with E-state index in [-0.39, 0.29) is 36.2 Å². The van der Waals surface area contributed by atoms with Crippen LogP contribution < -0.4 is 16.2 Å². The van der Waals surface area contributed by atoms with Gasteiger partial charge in [-0.3, -0.25) is 9.59 Å². The maximum absolute atomic E-state index is 14.7. The highest BCUT2D eigenvalue weighted by molar-refractivity contribution is 5.99. The largest absolute Gasteiger partial charge is 0.378 e. The molecule has 0 spiro atoms. The summed E-state index contributed by atoms with van der Waals surface area (Å²) < 4.78 is 84.0. The number of pyridine rings is 1. The van der Waals surface area contributed by atoms with Crippen LogP contribution in [0.25, 0.3) is 0 Å². The van der Waals surface area contributed by atoms with Gasteiger partial charge in [-0.05, 0) is 33.2 Å². The second kappa shape index (κ2) is 10.4. The van der Waals surface area contributed by atoms with Crippen LogP contribution in [0.1, 0.15) is 60.1 Å². The standard InChI is InChI=1S/C25H28F6N4O2/c1-13(14-4-3-5-15(21(14)27)22(28)29)32-23(37)16-11-35(25(7-8-25)24(30)31)20(36)10-19(16)33-18-6-9-34(2)12-17(18)26/h3-5,10-11,13,17-18,22,24,33H,6-9,12H2,1-2H3,(H,32,37)/t13-,17+,18-/m1/s1. The van der Waals surface area contributed by atoms with E-state index in [0.717, 1.165) is 22.9 Å². The van der Waals surface area contributed by atoms with Crippen LogP contribution in [0.3, 0.4) is 0 Å². The van der Waals surface area contributed by atoms with Gasteiger partial charge in [-0.15, -0.1) is 0 Å². The van der Waals surface area contributed by atoms with Crippen LogP contribution in [-0.2, 0) is 5.54 Å². The van der Waals surface area contributed by atoms with Gasteiger partial charge < -0.3 is 20.1 Å². The first-order valence-corrected chi connectivity index (χ1v) is 12.0. The number of halogens is 6. The number of amides is 1. The van der Waals surface area contributed by atoms with Gasteiger partial charge >= 0.3 is 0 Å². The minimum Gasteiger partial charge on any atom is -0.378 e. The number of benzene rings is 1. The average molecular weight is 531 g/mol. The molecule has 2 fully saturated rings. The maximum Gasteiger partial charge on any atom is 0.266 e. The van der Waals surface area contributed by atoms with Crippen LogP contribution in [0.2, 0.25) is 0 Å². The first kappa shape index (κ1) is 27.0. The van der Waals surface area contributed by atoms with Gasteiger partial charge in [-0.25, -0.2) is 26.3 Å². The van der Waals surface area contributed by atoms with E-state index in [4.69, 9.17) is 0 Å². The first-order chi connectivity index (χ1) is 17.4. The van der Waals surface area contributed by atoms with Crippen LogP contribution in [0.15, 0.2) is 35.3 Å². The van der Waals surface area contributed by atoms with Gasteiger partial charge in [0.1, 0.15) is 17.5 Å². The highest BCUT2D eigenvalue weighted by Crippen LogP contribution is 2.48. The zero-order valence-electron chi connectivity index (χ0n) is 20.3. The van der Waals surface area contributed by atoms with E-state index < -0.39 is 59.5 Å². The molecule has 0 radical (unpaired) electrons. The topological polar surface area (TPSA) is 66.4 Å². The van der Waals surface area contributed by atoms with Crippen molar-refractivity contribution >= 4 is 11.6 Å². The Morgan fingerprint density at radius 2 is 1.84 bits per heavy atom. The summed E-state index contributed by atoms with van der Waals surface area (Å²) in [5.74, 6) is -2.03. The fraction of sp³-hybridized carbons (Fsp3) is 0.520. The normalized spacial score (nSPS) is 22.2. The van der Waals surface area contributed by atoms with Gasteiger partial charge in [-0.1, -0.05) is 18.2 Å². The SMILES string of the molecule is C[C@@H](NC(=O)c1cn(C2(C(F)F)CC2)c(=O)cc1N[C@@H]1CCN(C)C[C@@H]1F)c1cccc(C(F)F)c1F. The molecule has 37 heavy (non-hydrogen) atoms. The number of carbonyl (C=O) groups excluding carboxylic acids is 1. The van der Waals surface area contributed by atoms with Crippen molar-refractivity contribution in [1.29, 1.82) is 0 Å². The maximum atomic E-state index is 14.7. The molecule has 1 saturated heterocycles. The summed E-state index contributed by atoms with van der Waals surface area (Å²) in [7, 11) is 1.76. The van der Waals surface area contributed by atoms with Crippen LogP contribution in [-0.4, -0.2) is 54.2 Å². The van der Waals surface area contributed by atoms with Gasteiger partial charge in [0.2, 0.25) is 0 Å². The molecular formula is C25H28F6N4O2. The van der Waals surface area contributed by atoms with E-state index in [0.29, 0.717) is 13.0 Å². The van der Waals surface area contributed by atoms with E-state index in [2.05, 4.69) is 10.6 Å². The lowest BCUT2D eigenvalue weighted by molar-refractivity contribution is 0.0648. The third kappa shape index (κ3) is 5.34. The molecule has 0 unspecified atom stereocenters. The van der Waals surface area contributed by atoms with Crippen molar-refractivity contribution in [3.05, 3.63) is 63.3 Å². The third-order valence-electron chi connectivity index (χ3n) is 7.14. The zero-order chi connectivity index (χ0) is 27.1. The van der Waals surface area contributed by atoms with Crippen LogP contribution in [0.4, 0.5) is 32.0 Å².